The van der Waals surface area contributed by atoms with Gasteiger partial charge in [0.25, 0.3) is 0 Å². The first kappa shape index (κ1) is 11.9. The molecular weight excluding hydrogens is 150 g/mol. The zero-order chi connectivity index (χ0) is 9.72. The highest BCUT2D eigenvalue weighted by Crippen LogP contribution is 2.05. The second-order valence-electron chi connectivity index (χ2n) is 4.23. The van der Waals surface area contributed by atoms with Crippen molar-refractivity contribution in [2.24, 2.45) is 5.92 Å². The van der Waals surface area contributed by atoms with Gasteiger partial charge < -0.3 is 10.4 Å². The Balaban J connectivity index is 3.61. The lowest BCUT2D eigenvalue weighted by Crippen LogP contribution is -2.41. The van der Waals surface area contributed by atoms with Crippen LogP contribution in [-0.4, -0.2) is 23.3 Å². The average Bonchev–Trinajstić information content (AvgIpc) is 1.84. The van der Waals surface area contributed by atoms with E-state index in [9.17, 15) is 5.11 Å². The van der Waals surface area contributed by atoms with Gasteiger partial charge in [-0.2, -0.15) is 0 Å². The summed E-state index contributed by atoms with van der Waals surface area (Å²) in [4.78, 5) is 0. The number of rotatable bonds is 5. The Hall–Kier alpha value is -0.0800. The van der Waals surface area contributed by atoms with Gasteiger partial charge in [-0.15, -0.1) is 0 Å². The van der Waals surface area contributed by atoms with Gasteiger partial charge in [-0.1, -0.05) is 13.8 Å². The summed E-state index contributed by atoms with van der Waals surface area (Å²) in [6.07, 6.45) is 0.900. The van der Waals surface area contributed by atoms with Crippen LogP contribution in [0.2, 0.25) is 0 Å². The van der Waals surface area contributed by atoms with Crippen LogP contribution in [0.4, 0.5) is 0 Å². The van der Waals surface area contributed by atoms with Crippen molar-refractivity contribution in [2.75, 3.05) is 0 Å². The first-order chi connectivity index (χ1) is 5.43. The van der Waals surface area contributed by atoms with Crippen LogP contribution in [0.5, 0.6) is 0 Å². The van der Waals surface area contributed by atoms with Crippen LogP contribution >= 0.6 is 0 Å². The Labute approximate surface area is 76.4 Å². The Morgan fingerprint density at radius 2 is 1.58 bits per heavy atom. The lowest BCUT2D eigenvalue weighted by molar-refractivity contribution is 0.145. The molecule has 3 unspecified atom stereocenters. The highest BCUT2D eigenvalue weighted by molar-refractivity contribution is 4.72. The van der Waals surface area contributed by atoms with Crippen molar-refractivity contribution in [2.45, 2.75) is 59.2 Å². The predicted octanol–water partition coefficient (Wildman–Crippen LogP) is 1.78. The van der Waals surface area contributed by atoms with Crippen molar-refractivity contribution >= 4 is 0 Å². The molecule has 2 nitrogen and oxygen atoms in total. The zero-order valence-corrected chi connectivity index (χ0v) is 8.96. The van der Waals surface area contributed by atoms with Gasteiger partial charge in [-0.3, -0.25) is 0 Å². The summed E-state index contributed by atoms with van der Waals surface area (Å²) in [5.74, 6) is 0.716. The fourth-order valence-corrected chi connectivity index (χ4v) is 1.36. The SMILES string of the molecule is CC(C)CC(C)NC(C)C(C)O. The summed E-state index contributed by atoms with van der Waals surface area (Å²) in [7, 11) is 0. The smallest absolute Gasteiger partial charge is 0.0662 e. The maximum Gasteiger partial charge on any atom is 0.0662 e. The van der Waals surface area contributed by atoms with E-state index in [1.54, 1.807) is 0 Å². The van der Waals surface area contributed by atoms with Crippen molar-refractivity contribution in [3.63, 3.8) is 0 Å². The van der Waals surface area contributed by atoms with Crippen LogP contribution in [0, 0.1) is 5.92 Å². The molecule has 0 aliphatic heterocycles. The van der Waals surface area contributed by atoms with Gasteiger partial charge >= 0.3 is 0 Å². The van der Waals surface area contributed by atoms with Gasteiger partial charge in [0.05, 0.1) is 6.10 Å². The summed E-state index contributed by atoms with van der Waals surface area (Å²) in [5.41, 5.74) is 0. The quantitative estimate of drug-likeness (QED) is 0.664. The molecule has 0 spiro atoms. The van der Waals surface area contributed by atoms with Crippen LogP contribution in [-0.2, 0) is 0 Å². The molecule has 0 saturated heterocycles. The summed E-state index contributed by atoms with van der Waals surface area (Å²) in [5, 5.41) is 12.6. The van der Waals surface area contributed by atoms with Gasteiger partial charge in [0.1, 0.15) is 0 Å². The first-order valence-corrected chi connectivity index (χ1v) is 4.87. The molecule has 0 rings (SSSR count). The maximum atomic E-state index is 9.24. The summed E-state index contributed by atoms with van der Waals surface area (Å²) >= 11 is 0. The Kier molecular flexibility index (Phi) is 5.51. The van der Waals surface area contributed by atoms with Crippen LogP contribution in [0.3, 0.4) is 0 Å². The second-order valence-corrected chi connectivity index (χ2v) is 4.23. The normalized spacial score (nSPS) is 19.2. The van der Waals surface area contributed by atoms with Crippen molar-refractivity contribution in [3.05, 3.63) is 0 Å². The molecule has 0 radical (unpaired) electrons. The highest BCUT2D eigenvalue weighted by Gasteiger charge is 2.12. The van der Waals surface area contributed by atoms with Crippen LogP contribution in [0.1, 0.15) is 41.0 Å². The van der Waals surface area contributed by atoms with E-state index >= 15 is 0 Å². The molecule has 74 valence electrons. The molecule has 3 atom stereocenters. The molecule has 0 aliphatic rings. The van der Waals surface area contributed by atoms with Gasteiger partial charge in [-0.25, -0.2) is 0 Å². The maximum absolute atomic E-state index is 9.24. The minimum absolute atomic E-state index is 0.193. The fraction of sp³-hybridized carbons (Fsp3) is 1.00. The Morgan fingerprint density at radius 1 is 1.08 bits per heavy atom. The van der Waals surface area contributed by atoms with Crippen molar-refractivity contribution in [3.8, 4) is 0 Å². The lowest BCUT2D eigenvalue weighted by Gasteiger charge is -2.23. The third-order valence-electron chi connectivity index (χ3n) is 2.10. The van der Waals surface area contributed by atoms with Gasteiger partial charge in [0, 0.05) is 12.1 Å². The van der Waals surface area contributed by atoms with E-state index in [4.69, 9.17) is 0 Å². The molecule has 0 amide bonds. The molecule has 2 N–H and O–H groups in total. The molecule has 0 aromatic heterocycles. The minimum atomic E-state index is -0.264. The van der Waals surface area contributed by atoms with E-state index in [1.807, 2.05) is 13.8 Å². The molecule has 0 aliphatic carbocycles. The predicted molar refractivity (Wildman–Crippen MR) is 53.2 cm³/mol. The summed E-state index contributed by atoms with van der Waals surface area (Å²) in [6.45, 7) is 10.4. The first-order valence-electron chi connectivity index (χ1n) is 4.87. The number of aliphatic hydroxyl groups is 1. The van der Waals surface area contributed by atoms with Crippen LogP contribution in [0.15, 0.2) is 0 Å². The molecule has 0 heterocycles. The fourth-order valence-electron chi connectivity index (χ4n) is 1.36. The number of hydrogen-bond donors (Lipinski definition) is 2. The largest absolute Gasteiger partial charge is 0.392 e. The van der Waals surface area contributed by atoms with E-state index in [2.05, 4.69) is 26.1 Å². The summed E-state index contributed by atoms with van der Waals surface area (Å²) < 4.78 is 0. The molecule has 12 heavy (non-hydrogen) atoms. The average molecular weight is 173 g/mol. The van der Waals surface area contributed by atoms with E-state index in [1.165, 1.54) is 0 Å². The van der Waals surface area contributed by atoms with E-state index in [-0.39, 0.29) is 12.1 Å². The molecule has 2 heteroatoms. The van der Waals surface area contributed by atoms with Crippen molar-refractivity contribution in [1.82, 2.24) is 5.32 Å². The topological polar surface area (TPSA) is 32.3 Å². The molecule has 0 aromatic rings. The van der Waals surface area contributed by atoms with Gasteiger partial charge in [0.2, 0.25) is 0 Å². The third kappa shape index (κ3) is 5.56. The van der Waals surface area contributed by atoms with Gasteiger partial charge in [-0.05, 0) is 33.1 Å². The highest BCUT2D eigenvalue weighted by atomic mass is 16.3. The van der Waals surface area contributed by atoms with Gasteiger partial charge in [0.15, 0.2) is 0 Å². The third-order valence-corrected chi connectivity index (χ3v) is 2.10. The van der Waals surface area contributed by atoms with Crippen LogP contribution in [0.25, 0.3) is 0 Å². The minimum Gasteiger partial charge on any atom is -0.392 e. The number of nitrogens with one attached hydrogen (secondary N) is 1. The molecule has 0 fully saturated rings. The standard InChI is InChI=1S/C10H23NO/c1-7(2)6-8(3)11-9(4)10(5)12/h7-12H,6H2,1-5H3. The zero-order valence-electron chi connectivity index (χ0n) is 8.96. The summed E-state index contributed by atoms with van der Waals surface area (Å²) in [6, 6.07) is 0.688. The number of aliphatic hydroxyl groups excluding tert-OH is 1. The van der Waals surface area contributed by atoms with Crippen molar-refractivity contribution < 1.29 is 5.11 Å². The lowest BCUT2D eigenvalue weighted by atomic mass is 10.0. The van der Waals surface area contributed by atoms with Crippen molar-refractivity contribution in [1.29, 1.82) is 0 Å². The molecule has 0 aromatic carbocycles. The van der Waals surface area contributed by atoms with E-state index in [0.717, 1.165) is 6.42 Å². The monoisotopic (exact) mass is 173 g/mol. The molecule has 0 bridgehead atoms. The second kappa shape index (κ2) is 5.55. The van der Waals surface area contributed by atoms with E-state index < -0.39 is 0 Å². The number of hydrogen-bond acceptors (Lipinski definition) is 2. The molecular formula is C10H23NO. The van der Waals surface area contributed by atoms with E-state index in [0.29, 0.717) is 12.0 Å². The molecule has 0 saturated carbocycles. The Morgan fingerprint density at radius 3 is 1.92 bits per heavy atom. The van der Waals surface area contributed by atoms with Crippen LogP contribution < -0.4 is 5.32 Å². The Bertz CT molecular complexity index is 112.